The van der Waals surface area contributed by atoms with Gasteiger partial charge in [-0.2, -0.15) is 0 Å². The van der Waals surface area contributed by atoms with Crippen molar-refractivity contribution >= 4 is 36.9 Å². The Hall–Kier alpha value is -1.82. The van der Waals surface area contributed by atoms with Gasteiger partial charge in [0.2, 0.25) is 0 Å². The van der Waals surface area contributed by atoms with Crippen molar-refractivity contribution < 1.29 is 0 Å². The monoisotopic (exact) mass is 494 g/mol. The fourth-order valence-corrected chi connectivity index (χ4v) is 19.5. The Kier molecular flexibility index (Phi) is 4.71. The van der Waals surface area contributed by atoms with E-state index in [-0.39, 0.29) is 16.2 Å². The molecule has 0 amide bonds. The molecule has 32 heavy (non-hydrogen) atoms. The summed E-state index contributed by atoms with van der Waals surface area (Å²) < 4.78 is 11.6. The second-order valence-electron chi connectivity index (χ2n) is 13.2. The molecule has 0 aliphatic carbocycles. The topological polar surface area (TPSA) is 13.0 Å². The summed E-state index contributed by atoms with van der Waals surface area (Å²) in [5, 5.41) is 0. The van der Waals surface area contributed by atoms with E-state index in [0.29, 0.717) is 0 Å². The molecule has 5 heteroatoms. The molecule has 0 N–H and O–H groups in total. The van der Waals surface area contributed by atoms with Crippen LogP contribution in [0.15, 0.2) is 48.5 Å². The fourth-order valence-electron chi connectivity index (χ4n) is 5.98. The number of para-hydroxylation sites is 4. The van der Waals surface area contributed by atoms with Crippen LogP contribution in [-0.4, -0.2) is 40.3 Å². The Bertz CT molecular complexity index is 951. The molecule has 1 spiro atoms. The van der Waals surface area contributed by atoms with Gasteiger partial charge >= 0.3 is 199 Å². The van der Waals surface area contributed by atoms with Crippen molar-refractivity contribution in [3.05, 3.63) is 48.5 Å². The molecule has 2 aromatic rings. The van der Waals surface area contributed by atoms with Crippen LogP contribution in [-0.2, 0) is 0 Å². The maximum absolute atomic E-state index is 3.20. The Morgan fingerprint density at radius 2 is 1.00 bits per heavy atom. The first kappa shape index (κ1) is 22.0. The Balaban J connectivity index is 1.81. The Morgan fingerprint density at radius 1 is 0.656 bits per heavy atom. The van der Waals surface area contributed by atoms with Crippen molar-refractivity contribution in [1.82, 2.24) is 0 Å². The maximum atomic E-state index is 2.90. The SMILES string of the molecule is CC(C)(C)C[N]1c2ccccc2[N]2CC(C)(C)C[N]3c4ccccc4[N](CC(C)(C)C)[Ge]123. The van der Waals surface area contributed by atoms with Crippen LogP contribution < -0.4 is 15.4 Å². The summed E-state index contributed by atoms with van der Waals surface area (Å²) >= 11 is -3.20. The van der Waals surface area contributed by atoms with Gasteiger partial charge in [-0.25, -0.2) is 0 Å². The van der Waals surface area contributed by atoms with Gasteiger partial charge in [-0.05, 0) is 0 Å². The summed E-state index contributed by atoms with van der Waals surface area (Å²) in [4.78, 5) is 0. The van der Waals surface area contributed by atoms with Gasteiger partial charge in [0.05, 0.1) is 0 Å². The van der Waals surface area contributed by atoms with Crippen LogP contribution in [0.4, 0.5) is 22.7 Å². The van der Waals surface area contributed by atoms with E-state index in [9.17, 15) is 0 Å². The van der Waals surface area contributed by atoms with Crippen LogP contribution in [0.3, 0.4) is 0 Å². The van der Waals surface area contributed by atoms with Gasteiger partial charge in [-0.15, -0.1) is 0 Å². The summed E-state index contributed by atoms with van der Waals surface area (Å²) in [7, 11) is 0. The van der Waals surface area contributed by atoms with Gasteiger partial charge in [0.15, 0.2) is 0 Å². The molecule has 4 nitrogen and oxygen atoms in total. The molecule has 0 saturated carbocycles. The molecule has 3 heterocycles. The summed E-state index contributed by atoms with van der Waals surface area (Å²) in [5.41, 5.74) is 6.43. The number of fused-ring (bicyclic) bond motifs is 4. The molecular weight excluding hydrogens is 453 g/mol. The zero-order valence-electron chi connectivity index (χ0n) is 21.2. The standard InChI is InChI=1S/C27H40GeN4/c1-25(2,3)17-29-21-13-9-11-15-23(21)31-19-27(7,8)20-32-24-16-12-10-14-22(24)30(28(29,31)32)18-26(4,5)6/h9-16H,17-20H2,1-8H3. The van der Waals surface area contributed by atoms with E-state index >= 15 is 0 Å². The molecule has 1 saturated heterocycles. The van der Waals surface area contributed by atoms with Crippen LogP contribution in [0.1, 0.15) is 55.4 Å². The van der Waals surface area contributed by atoms with E-state index in [1.54, 1.807) is 0 Å². The molecule has 0 atom stereocenters. The third-order valence-electron chi connectivity index (χ3n) is 6.81. The van der Waals surface area contributed by atoms with Crippen LogP contribution in [0.5, 0.6) is 0 Å². The number of anilines is 4. The first-order chi connectivity index (χ1) is 14.8. The molecule has 0 radical (unpaired) electrons. The van der Waals surface area contributed by atoms with Crippen LogP contribution in [0.2, 0.25) is 0 Å². The second kappa shape index (κ2) is 6.85. The average Bonchev–Trinajstić information content (AvgIpc) is 3.08. The molecule has 3 aliphatic rings. The predicted octanol–water partition coefficient (Wildman–Crippen LogP) is 6.21. The van der Waals surface area contributed by atoms with Crippen molar-refractivity contribution in [3.63, 3.8) is 0 Å². The van der Waals surface area contributed by atoms with E-state index < -0.39 is 14.2 Å². The molecule has 0 bridgehead atoms. The molecule has 3 aliphatic heterocycles. The van der Waals surface area contributed by atoms with Gasteiger partial charge in [0.25, 0.3) is 0 Å². The van der Waals surface area contributed by atoms with Crippen molar-refractivity contribution in [1.29, 1.82) is 0 Å². The minimum atomic E-state index is -3.20. The number of benzene rings is 2. The number of rotatable bonds is 2. The molecule has 5 rings (SSSR count). The molecule has 1 fully saturated rings. The zero-order chi connectivity index (χ0) is 23.1. The second-order valence-corrected chi connectivity index (χ2v) is 20.3. The van der Waals surface area contributed by atoms with Crippen molar-refractivity contribution in [2.75, 3.05) is 41.6 Å². The minimum absolute atomic E-state index is 0.212. The van der Waals surface area contributed by atoms with Crippen molar-refractivity contribution in [3.8, 4) is 0 Å². The summed E-state index contributed by atoms with van der Waals surface area (Å²) in [6.45, 7) is 23.6. The molecule has 0 unspecified atom stereocenters. The quantitative estimate of drug-likeness (QED) is 0.462. The molecular formula is C27H40GeN4. The van der Waals surface area contributed by atoms with Gasteiger partial charge in [0.1, 0.15) is 0 Å². The van der Waals surface area contributed by atoms with Gasteiger partial charge in [-0.3, -0.25) is 0 Å². The van der Waals surface area contributed by atoms with E-state index in [1.807, 2.05) is 0 Å². The van der Waals surface area contributed by atoms with E-state index in [0.717, 1.165) is 26.2 Å². The van der Waals surface area contributed by atoms with E-state index in [4.69, 9.17) is 0 Å². The van der Waals surface area contributed by atoms with E-state index in [2.05, 4.69) is 119 Å². The summed E-state index contributed by atoms with van der Waals surface area (Å²) in [5.74, 6) is 0. The Labute approximate surface area is 198 Å². The first-order valence-electron chi connectivity index (χ1n) is 12.1. The normalized spacial score (nSPS) is 20.8. The predicted molar refractivity (Wildman–Crippen MR) is 141 cm³/mol. The third kappa shape index (κ3) is 3.24. The van der Waals surface area contributed by atoms with E-state index in [1.165, 1.54) is 22.7 Å². The third-order valence-corrected chi connectivity index (χ3v) is 16.2. The molecule has 0 aromatic heterocycles. The van der Waals surface area contributed by atoms with Crippen molar-refractivity contribution in [2.45, 2.75) is 55.4 Å². The Morgan fingerprint density at radius 3 is 1.34 bits per heavy atom. The summed E-state index contributed by atoms with van der Waals surface area (Å²) in [6, 6.07) is 18.4. The van der Waals surface area contributed by atoms with Crippen LogP contribution >= 0.6 is 0 Å². The number of hydrogen-bond acceptors (Lipinski definition) is 4. The first-order valence-corrected chi connectivity index (χ1v) is 15.9. The number of hydrogen-bond donors (Lipinski definition) is 0. The fraction of sp³-hybridized carbons (Fsp3) is 0.556. The number of nitrogens with zero attached hydrogens (tertiary/aromatic N) is 4. The zero-order valence-corrected chi connectivity index (χ0v) is 23.3. The molecule has 172 valence electrons. The van der Waals surface area contributed by atoms with Crippen LogP contribution in [0.25, 0.3) is 0 Å². The molecule has 2 aromatic carbocycles. The average molecular weight is 493 g/mol. The summed E-state index contributed by atoms with van der Waals surface area (Å²) in [6.07, 6.45) is 0. The van der Waals surface area contributed by atoms with Gasteiger partial charge in [0, 0.05) is 0 Å². The van der Waals surface area contributed by atoms with Crippen LogP contribution in [0, 0.1) is 16.2 Å². The van der Waals surface area contributed by atoms with Crippen molar-refractivity contribution in [2.24, 2.45) is 16.2 Å². The van der Waals surface area contributed by atoms with Gasteiger partial charge in [-0.1, -0.05) is 0 Å². The van der Waals surface area contributed by atoms with Gasteiger partial charge < -0.3 is 0 Å².